The van der Waals surface area contributed by atoms with E-state index < -0.39 is 0 Å². The summed E-state index contributed by atoms with van der Waals surface area (Å²) in [6, 6.07) is 66.2. The normalized spacial score (nSPS) is 12.2. The Bertz CT molecular complexity index is 3400. The molecule has 64 heavy (non-hydrogen) atoms. The van der Waals surface area contributed by atoms with Gasteiger partial charge in [-0.15, -0.1) is 0 Å². The topological polar surface area (TPSA) is 4.93 Å². The molecule has 0 N–H and O–H groups in total. The second kappa shape index (κ2) is 15.7. The summed E-state index contributed by atoms with van der Waals surface area (Å²) in [5.41, 5.74) is 19.9. The summed E-state index contributed by atoms with van der Waals surface area (Å²) in [7, 11) is 0. The molecule has 1 heterocycles. The zero-order valence-corrected chi connectivity index (χ0v) is 38.6. The molecule has 0 radical (unpaired) electrons. The van der Waals surface area contributed by atoms with Crippen LogP contribution in [0.2, 0.25) is 0 Å². The number of aromatic nitrogens is 1. The van der Waals surface area contributed by atoms with Crippen molar-refractivity contribution >= 4 is 48.9 Å². The van der Waals surface area contributed by atoms with Crippen molar-refractivity contribution in [2.24, 2.45) is 0 Å². The van der Waals surface area contributed by atoms with Crippen LogP contribution in [-0.4, -0.2) is 4.57 Å². The molecular weight excluding hydrogens is 771 g/mol. The number of rotatable bonds is 7. The lowest BCUT2D eigenvalue weighted by molar-refractivity contribution is 0.591. The van der Waals surface area contributed by atoms with Gasteiger partial charge in [0.25, 0.3) is 0 Å². The molecule has 1 heteroatoms. The third-order valence-corrected chi connectivity index (χ3v) is 13.5. The Kier molecular flexibility index (Phi) is 10.1. The molecule has 0 aliphatic heterocycles. The van der Waals surface area contributed by atoms with E-state index in [4.69, 9.17) is 0 Å². The highest BCUT2D eigenvalue weighted by molar-refractivity contribution is 6.22. The van der Waals surface area contributed by atoms with E-state index in [1.165, 1.54) is 110 Å². The molecule has 0 fully saturated rings. The van der Waals surface area contributed by atoms with Crippen LogP contribution in [0.5, 0.6) is 0 Å². The van der Waals surface area contributed by atoms with Crippen LogP contribution in [-0.2, 0) is 17.4 Å². The smallest absolute Gasteiger partial charge is 0.0491 e. The van der Waals surface area contributed by atoms with Gasteiger partial charge in [0.1, 0.15) is 0 Å². The fourth-order valence-corrected chi connectivity index (χ4v) is 9.82. The number of aryl methyl sites for hydroxylation is 1. The van der Waals surface area contributed by atoms with Gasteiger partial charge in [-0.05, 0) is 155 Å². The summed E-state index contributed by atoms with van der Waals surface area (Å²) in [5.74, 6) is 0. The predicted molar refractivity (Wildman–Crippen MR) is 279 cm³/mol. The fraction of sp³-hybridized carbons (Fsp3) is 0.175. The summed E-state index contributed by atoms with van der Waals surface area (Å²) in [5, 5.41) is 7.67. The van der Waals surface area contributed by atoms with E-state index >= 15 is 0 Å². The van der Waals surface area contributed by atoms with Gasteiger partial charge in [-0.25, -0.2) is 0 Å². The third-order valence-electron chi connectivity index (χ3n) is 13.5. The minimum absolute atomic E-state index is 0.00285. The van der Waals surface area contributed by atoms with Crippen molar-refractivity contribution in [3.8, 4) is 55.6 Å². The van der Waals surface area contributed by atoms with Gasteiger partial charge in [0.15, 0.2) is 0 Å². The molecule has 314 valence electrons. The largest absolute Gasteiger partial charge is 0.341 e. The monoisotopic (exact) mass is 827 g/mol. The second-order valence-corrected chi connectivity index (χ2v) is 19.9. The minimum atomic E-state index is -0.00285. The molecule has 0 aliphatic carbocycles. The predicted octanol–water partition coefficient (Wildman–Crippen LogP) is 18.1. The first-order valence-electron chi connectivity index (χ1n) is 22.9. The van der Waals surface area contributed by atoms with E-state index in [2.05, 4.69) is 242 Å². The van der Waals surface area contributed by atoms with Crippen molar-refractivity contribution in [3.05, 3.63) is 199 Å². The van der Waals surface area contributed by atoms with Crippen molar-refractivity contribution in [2.75, 3.05) is 0 Å². The average Bonchev–Trinajstić information content (AvgIpc) is 3.62. The Hall–Kier alpha value is -6.96. The number of hydrogen-bond donors (Lipinski definition) is 0. The zero-order valence-electron chi connectivity index (χ0n) is 38.6. The lowest BCUT2D eigenvalue weighted by Crippen LogP contribution is -2.10. The fourth-order valence-electron chi connectivity index (χ4n) is 9.82. The molecule has 9 aromatic carbocycles. The van der Waals surface area contributed by atoms with Gasteiger partial charge in [0.2, 0.25) is 0 Å². The van der Waals surface area contributed by atoms with Gasteiger partial charge in [-0.2, -0.15) is 0 Å². The molecule has 0 aliphatic rings. The van der Waals surface area contributed by atoms with Gasteiger partial charge in [0, 0.05) is 28.4 Å². The average molecular weight is 828 g/mol. The van der Waals surface area contributed by atoms with Gasteiger partial charge < -0.3 is 4.57 Å². The number of nitrogens with zero attached hydrogens (tertiary/aromatic N) is 1. The van der Waals surface area contributed by atoms with Crippen LogP contribution in [0.15, 0.2) is 183 Å². The number of hydrogen-bond acceptors (Lipinski definition) is 0. The molecule has 0 unspecified atom stereocenters. The minimum Gasteiger partial charge on any atom is -0.341 e. The SMILES string of the molecule is C=C(C)c1ccc2c(-c3ccc(-c4ccccc4)cc3)c3cc(C(C)(C)C)ccc3c(-c3ccc(-c4ccc(-c5ccc6c(c5)c5cc(C(C)(C)C)ccc5n6CC)cc4)cc3)c2c1. The third kappa shape index (κ3) is 7.24. The highest BCUT2D eigenvalue weighted by Crippen LogP contribution is 2.46. The standard InChI is InChI=1S/C63H57N/c1-10-64-58-34-29-49(37-54(58)55-38-51(63(7,8)9)31-35-59(55)64)45-18-16-43(17-19-45)44-22-26-46(27-23-44)60-53-33-30-50(62(4,5)6)39-57(53)61(52-32-28-48(40(2)3)36-56(52)60)47-24-20-42(21-25-47)41-14-12-11-13-15-41/h11-39H,2,10H2,1,3-9H3. The van der Waals surface area contributed by atoms with Crippen LogP contribution in [0, 0.1) is 0 Å². The molecule has 0 saturated heterocycles. The highest BCUT2D eigenvalue weighted by Gasteiger charge is 2.22. The Labute approximate surface area is 379 Å². The molecule has 0 spiro atoms. The summed E-state index contributed by atoms with van der Waals surface area (Å²) in [4.78, 5) is 0. The van der Waals surface area contributed by atoms with Gasteiger partial charge in [-0.1, -0.05) is 193 Å². The van der Waals surface area contributed by atoms with E-state index in [-0.39, 0.29) is 10.8 Å². The molecule has 0 saturated carbocycles. The van der Waals surface area contributed by atoms with Crippen LogP contribution >= 0.6 is 0 Å². The number of fused-ring (bicyclic) bond motifs is 5. The summed E-state index contributed by atoms with van der Waals surface area (Å²) in [6.45, 7) is 23.5. The number of allylic oxidation sites excluding steroid dienone is 1. The molecule has 10 aromatic rings. The summed E-state index contributed by atoms with van der Waals surface area (Å²) >= 11 is 0. The van der Waals surface area contributed by atoms with Crippen molar-refractivity contribution in [1.82, 2.24) is 4.57 Å². The maximum Gasteiger partial charge on any atom is 0.0491 e. The summed E-state index contributed by atoms with van der Waals surface area (Å²) < 4.78 is 2.45. The van der Waals surface area contributed by atoms with Crippen LogP contribution in [0.4, 0.5) is 0 Å². The number of benzene rings is 9. The molecule has 0 bridgehead atoms. The Balaban J connectivity index is 1.06. The van der Waals surface area contributed by atoms with Crippen LogP contribution in [0.3, 0.4) is 0 Å². The molecule has 1 nitrogen and oxygen atoms in total. The van der Waals surface area contributed by atoms with Crippen LogP contribution in [0.25, 0.3) is 105 Å². The van der Waals surface area contributed by atoms with Gasteiger partial charge in [0.05, 0.1) is 0 Å². The Morgan fingerprint density at radius 3 is 1.28 bits per heavy atom. The van der Waals surface area contributed by atoms with Crippen LogP contribution < -0.4 is 0 Å². The zero-order chi connectivity index (χ0) is 44.5. The quantitative estimate of drug-likeness (QED) is 0.141. The molecular formula is C63H57N. The van der Waals surface area contributed by atoms with E-state index in [0.29, 0.717) is 0 Å². The van der Waals surface area contributed by atoms with E-state index in [1.54, 1.807) is 0 Å². The van der Waals surface area contributed by atoms with Gasteiger partial charge in [-0.3, -0.25) is 0 Å². The highest BCUT2D eigenvalue weighted by atomic mass is 15.0. The summed E-state index contributed by atoms with van der Waals surface area (Å²) in [6.07, 6.45) is 0. The maximum atomic E-state index is 4.37. The maximum absolute atomic E-state index is 4.37. The van der Waals surface area contributed by atoms with Crippen molar-refractivity contribution in [2.45, 2.75) is 72.8 Å². The van der Waals surface area contributed by atoms with E-state index in [9.17, 15) is 0 Å². The van der Waals surface area contributed by atoms with E-state index in [0.717, 1.165) is 17.7 Å². The second-order valence-electron chi connectivity index (χ2n) is 19.9. The first kappa shape index (κ1) is 41.1. The molecule has 0 atom stereocenters. The van der Waals surface area contributed by atoms with E-state index in [1.807, 2.05) is 0 Å². The lowest BCUT2D eigenvalue weighted by atomic mass is 9.80. The lowest BCUT2D eigenvalue weighted by Gasteiger charge is -2.23. The first-order valence-corrected chi connectivity index (χ1v) is 22.9. The molecule has 10 rings (SSSR count). The van der Waals surface area contributed by atoms with Crippen molar-refractivity contribution < 1.29 is 0 Å². The van der Waals surface area contributed by atoms with Crippen molar-refractivity contribution in [1.29, 1.82) is 0 Å². The first-order chi connectivity index (χ1) is 30.8. The molecule has 0 amide bonds. The van der Waals surface area contributed by atoms with Gasteiger partial charge >= 0.3 is 0 Å². The Morgan fingerprint density at radius 2 is 0.781 bits per heavy atom. The Morgan fingerprint density at radius 1 is 0.391 bits per heavy atom. The van der Waals surface area contributed by atoms with Crippen LogP contribution in [0.1, 0.15) is 72.1 Å². The molecule has 1 aromatic heterocycles. The van der Waals surface area contributed by atoms with Crippen molar-refractivity contribution in [3.63, 3.8) is 0 Å².